The number of nitrogens with zero attached hydrogens (tertiary/aromatic N) is 1. The number of hydrogen-bond donors (Lipinski definition) is 1. The van der Waals surface area contributed by atoms with E-state index in [4.69, 9.17) is 4.74 Å². The molecule has 81 valence electrons. The zero-order valence-electron chi connectivity index (χ0n) is 9.17. The normalized spacial score (nSPS) is 23.6. The molecule has 0 aromatic rings. The number of carbonyl (C=O) groups is 1. The molecule has 0 spiro atoms. The maximum Gasteiger partial charge on any atom is 0.407 e. The monoisotopic (exact) mass is 199 g/mol. The average Bonchev–Trinajstić information content (AvgIpc) is 2.30. The van der Waals surface area contributed by atoms with Crippen molar-refractivity contribution in [3.05, 3.63) is 7.05 Å². The first-order valence-electron chi connectivity index (χ1n) is 4.92. The molecule has 0 aromatic heterocycles. The van der Waals surface area contributed by atoms with E-state index in [-0.39, 0.29) is 12.1 Å². The lowest BCUT2D eigenvalue weighted by molar-refractivity contribution is 0.0507. The molecule has 1 unspecified atom stereocenters. The number of amides is 1. The largest absolute Gasteiger partial charge is 0.444 e. The summed E-state index contributed by atoms with van der Waals surface area (Å²) in [5, 5.41) is 2.82. The Bertz CT molecular complexity index is 211. The van der Waals surface area contributed by atoms with Crippen LogP contribution in [0.5, 0.6) is 0 Å². The minimum absolute atomic E-state index is 0.183. The van der Waals surface area contributed by atoms with E-state index >= 15 is 0 Å². The predicted octanol–water partition coefficient (Wildman–Crippen LogP) is 1.38. The summed E-state index contributed by atoms with van der Waals surface area (Å²) in [5.41, 5.74) is -0.424. The van der Waals surface area contributed by atoms with Gasteiger partial charge < -0.3 is 10.1 Å². The van der Waals surface area contributed by atoms with Crippen LogP contribution in [0.15, 0.2) is 0 Å². The highest BCUT2D eigenvalue weighted by atomic mass is 16.6. The number of rotatable bonds is 1. The SMILES string of the molecule is [CH2]N1CCC(NC(=O)OC(C)(C)C)C1. The van der Waals surface area contributed by atoms with Crippen LogP contribution in [0.25, 0.3) is 0 Å². The molecule has 0 aromatic carbocycles. The quantitative estimate of drug-likeness (QED) is 0.693. The molecule has 1 amide bonds. The van der Waals surface area contributed by atoms with Gasteiger partial charge in [-0.05, 0) is 27.2 Å². The Labute approximate surface area is 85.6 Å². The van der Waals surface area contributed by atoms with Crippen LogP contribution in [0.3, 0.4) is 0 Å². The molecule has 4 heteroatoms. The summed E-state index contributed by atoms with van der Waals surface area (Å²) < 4.78 is 5.15. The first-order valence-corrected chi connectivity index (χ1v) is 4.92. The van der Waals surface area contributed by atoms with E-state index < -0.39 is 5.60 Å². The van der Waals surface area contributed by atoms with E-state index in [1.807, 2.05) is 25.7 Å². The summed E-state index contributed by atoms with van der Waals surface area (Å²) in [6.45, 7) is 7.30. The molecule has 1 heterocycles. The number of hydrogen-bond acceptors (Lipinski definition) is 3. The summed E-state index contributed by atoms with van der Waals surface area (Å²) in [6, 6.07) is 0.183. The number of likely N-dealkylation sites (tertiary alicyclic amines) is 1. The second kappa shape index (κ2) is 4.17. The Kier molecular flexibility index (Phi) is 3.37. The van der Waals surface area contributed by atoms with Gasteiger partial charge in [0.1, 0.15) is 5.60 Å². The fourth-order valence-electron chi connectivity index (χ4n) is 1.42. The zero-order chi connectivity index (χ0) is 10.8. The van der Waals surface area contributed by atoms with Gasteiger partial charge in [0.2, 0.25) is 0 Å². The molecule has 0 bridgehead atoms. The molecular formula is C10H19N2O2. The van der Waals surface area contributed by atoms with Crippen LogP contribution < -0.4 is 5.32 Å². The molecule has 1 rings (SSSR count). The first-order chi connectivity index (χ1) is 6.37. The van der Waals surface area contributed by atoms with Crippen LogP contribution >= 0.6 is 0 Å². The summed E-state index contributed by atoms with van der Waals surface area (Å²) >= 11 is 0. The van der Waals surface area contributed by atoms with Crippen molar-refractivity contribution in [3.8, 4) is 0 Å². The summed E-state index contributed by atoms with van der Waals surface area (Å²) in [5.74, 6) is 0. The van der Waals surface area contributed by atoms with Gasteiger partial charge in [-0.2, -0.15) is 0 Å². The minimum atomic E-state index is -0.424. The molecule has 1 atom stereocenters. The van der Waals surface area contributed by atoms with Gasteiger partial charge in [-0.1, -0.05) is 0 Å². The van der Waals surface area contributed by atoms with Crippen LogP contribution in [0.4, 0.5) is 4.79 Å². The van der Waals surface area contributed by atoms with Gasteiger partial charge in [0.05, 0.1) is 0 Å². The molecule has 1 radical (unpaired) electrons. The highest BCUT2D eigenvalue weighted by molar-refractivity contribution is 5.68. The van der Waals surface area contributed by atoms with Crippen molar-refractivity contribution in [1.29, 1.82) is 0 Å². The van der Waals surface area contributed by atoms with Crippen molar-refractivity contribution in [3.63, 3.8) is 0 Å². The third-order valence-corrected chi connectivity index (χ3v) is 1.99. The van der Waals surface area contributed by atoms with Gasteiger partial charge in [0.15, 0.2) is 0 Å². The molecule has 1 saturated heterocycles. The molecule has 0 aliphatic carbocycles. The predicted molar refractivity (Wildman–Crippen MR) is 54.7 cm³/mol. The Hall–Kier alpha value is -0.770. The van der Waals surface area contributed by atoms with E-state index in [1.165, 1.54) is 0 Å². The van der Waals surface area contributed by atoms with Gasteiger partial charge >= 0.3 is 6.09 Å². The van der Waals surface area contributed by atoms with Gasteiger partial charge in [0, 0.05) is 26.2 Å². The van der Waals surface area contributed by atoms with Crippen LogP contribution in [0.2, 0.25) is 0 Å². The maximum atomic E-state index is 11.3. The Morgan fingerprint density at radius 2 is 2.21 bits per heavy atom. The lowest BCUT2D eigenvalue weighted by atomic mass is 10.2. The van der Waals surface area contributed by atoms with Crippen molar-refractivity contribution in [1.82, 2.24) is 10.2 Å². The van der Waals surface area contributed by atoms with Crippen molar-refractivity contribution >= 4 is 6.09 Å². The lowest BCUT2D eigenvalue weighted by Gasteiger charge is -2.21. The second-order valence-corrected chi connectivity index (χ2v) is 4.71. The van der Waals surface area contributed by atoms with E-state index in [0.29, 0.717) is 0 Å². The maximum absolute atomic E-state index is 11.3. The lowest BCUT2D eigenvalue weighted by Crippen LogP contribution is -2.40. The van der Waals surface area contributed by atoms with Gasteiger partial charge in [-0.15, -0.1) is 0 Å². The van der Waals surface area contributed by atoms with Crippen LogP contribution in [-0.2, 0) is 4.74 Å². The van der Waals surface area contributed by atoms with Gasteiger partial charge in [0.25, 0.3) is 0 Å². The summed E-state index contributed by atoms with van der Waals surface area (Å²) in [7, 11) is 3.81. The second-order valence-electron chi connectivity index (χ2n) is 4.71. The molecule has 1 fully saturated rings. The van der Waals surface area contributed by atoms with Crippen LogP contribution in [-0.4, -0.2) is 35.7 Å². The molecule has 0 saturated carbocycles. The van der Waals surface area contributed by atoms with E-state index in [9.17, 15) is 4.79 Å². The average molecular weight is 199 g/mol. The Morgan fingerprint density at radius 3 is 2.64 bits per heavy atom. The highest BCUT2D eigenvalue weighted by Gasteiger charge is 2.23. The molecule has 1 aliphatic heterocycles. The van der Waals surface area contributed by atoms with Crippen LogP contribution in [0.1, 0.15) is 27.2 Å². The van der Waals surface area contributed by atoms with Crippen molar-refractivity contribution < 1.29 is 9.53 Å². The minimum Gasteiger partial charge on any atom is -0.444 e. The summed E-state index contributed by atoms with van der Waals surface area (Å²) in [6.07, 6.45) is 0.612. The number of ether oxygens (including phenoxy) is 1. The van der Waals surface area contributed by atoms with E-state index in [1.54, 1.807) is 0 Å². The fourth-order valence-corrected chi connectivity index (χ4v) is 1.42. The van der Waals surface area contributed by atoms with Gasteiger partial charge in [-0.25, -0.2) is 4.79 Å². The topological polar surface area (TPSA) is 41.6 Å². The smallest absolute Gasteiger partial charge is 0.407 e. The molecule has 14 heavy (non-hydrogen) atoms. The molecule has 1 N–H and O–H groups in total. The van der Waals surface area contributed by atoms with Crippen molar-refractivity contribution in [2.75, 3.05) is 13.1 Å². The first kappa shape index (κ1) is 11.3. The summed E-state index contributed by atoms with van der Waals surface area (Å²) in [4.78, 5) is 13.3. The standard InChI is InChI=1S/C10H19N2O2/c1-10(2,3)14-9(13)11-8-5-6-12(4)7-8/h8H,4-7H2,1-3H3,(H,11,13). The highest BCUT2D eigenvalue weighted by Crippen LogP contribution is 2.10. The van der Waals surface area contributed by atoms with Crippen molar-refractivity contribution in [2.45, 2.75) is 38.8 Å². The van der Waals surface area contributed by atoms with Crippen LogP contribution in [0, 0.1) is 7.05 Å². The fraction of sp³-hybridized carbons (Fsp3) is 0.800. The molecule has 1 aliphatic rings. The zero-order valence-corrected chi connectivity index (χ0v) is 9.17. The third-order valence-electron chi connectivity index (χ3n) is 1.99. The van der Waals surface area contributed by atoms with E-state index in [2.05, 4.69) is 12.4 Å². The number of nitrogens with one attached hydrogen (secondary N) is 1. The van der Waals surface area contributed by atoms with E-state index in [0.717, 1.165) is 19.5 Å². The van der Waals surface area contributed by atoms with Gasteiger partial charge in [-0.3, -0.25) is 4.90 Å². The molecule has 4 nitrogen and oxygen atoms in total. The Balaban J connectivity index is 2.27. The van der Waals surface area contributed by atoms with Crippen molar-refractivity contribution in [2.24, 2.45) is 0 Å². The number of alkyl carbamates (subject to hydrolysis) is 1. The Morgan fingerprint density at radius 1 is 1.57 bits per heavy atom. The molecular weight excluding hydrogens is 180 g/mol. The number of carbonyl (C=O) groups excluding carboxylic acids is 1. The third kappa shape index (κ3) is 3.96.